The van der Waals surface area contributed by atoms with Gasteiger partial charge in [0.25, 0.3) is 5.91 Å². The fourth-order valence-electron chi connectivity index (χ4n) is 5.82. The topological polar surface area (TPSA) is 128 Å². The summed E-state index contributed by atoms with van der Waals surface area (Å²) in [6.45, 7) is 9.62. The fourth-order valence-corrected chi connectivity index (χ4v) is 5.82. The molecule has 0 radical (unpaired) electrons. The highest BCUT2D eigenvalue weighted by atomic mass is 19.1. The second-order valence-electron chi connectivity index (χ2n) is 12.7. The third-order valence-electron chi connectivity index (χ3n) is 8.20. The van der Waals surface area contributed by atoms with Crippen LogP contribution in [0.15, 0.2) is 36.9 Å². The molecule has 1 atom stereocenters. The number of halogens is 1. The average Bonchev–Trinajstić information content (AvgIpc) is 3.79. The first-order valence-electron chi connectivity index (χ1n) is 15.3. The van der Waals surface area contributed by atoms with Crippen LogP contribution >= 0.6 is 0 Å². The number of carbonyl (C=O) groups is 2. The van der Waals surface area contributed by atoms with Gasteiger partial charge in [-0.15, -0.1) is 0 Å². The van der Waals surface area contributed by atoms with Gasteiger partial charge in [0.1, 0.15) is 17.2 Å². The molecule has 2 N–H and O–H groups in total. The van der Waals surface area contributed by atoms with E-state index < -0.39 is 11.4 Å². The molecule has 238 valence electrons. The van der Waals surface area contributed by atoms with E-state index in [0.717, 1.165) is 30.4 Å². The Morgan fingerprint density at radius 2 is 1.82 bits per heavy atom. The van der Waals surface area contributed by atoms with Gasteiger partial charge in [-0.1, -0.05) is 0 Å². The molecule has 0 aliphatic carbocycles. The number of carbonyl (C=O) groups excluding carboxylic acids is 2. The van der Waals surface area contributed by atoms with Crippen molar-refractivity contribution in [3.05, 3.63) is 53.9 Å². The first kappa shape index (κ1) is 30.5. The molecule has 1 aromatic carbocycles. The molecule has 1 unspecified atom stereocenters. The molecule has 2 saturated heterocycles. The summed E-state index contributed by atoms with van der Waals surface area (Å²) in [7, 11) is 1.54. The number of nitrogens with zero attached hydrogens (tertiary/aromatic N) is 6. The zero-order valence-corrected chi connectivity index (χ0v) is 26.3. The second-order valence-corrected chi connectivity index (χ2v) is 12.7. The summed E-state index contributed by atoms with van der Waals surface area (Å²) in [4.78, 5) is 31.7. The van der Waals surface area contributed by atoms with Crippen molar-refractivity contribution in [2.45, 2.75) is 64.6 Å². The number of benzene rings is 1. The quantitative estimate of drug-likeness (QED) is 0.314. The normalized spacial score (nSPS) is 17.6. The van der Waals surface area contributed by atoms with Gasteiger partial charge in [-0.3, -0.25) is 9.48 Å². The maximum atomic E-state index is 15.5. The Kier molecular flexibility index (Phi) is 8.21. The van der Waals surface area contributed by atoms with Gasteiger partial charge < -0.3 is 25.0 Å². The van der Waals surface area contributed by atoms with Crippen molar-refractivity contribution in [1.29, 1.82) is 0 Å². The average molecular weight is 619 g/mol. The van der Waals surface area contributed by atoms with Crippen molar-refractivity contribution < 1.29 is 23.5 Å². The molecule has 2 aliphatic rings. The Labute approximate surface area is 260 Å². The number of nitrogens with one attached hydrogen (secondary N) is 2. The van der Waals surface area contributed by atoms with Crippen molar-refractivity contribution in [3.63, 3.8) is 0 Å². The highest BCUT2D eigenvalue weighted by Gasteiger charge is 2.29. The maximum Gasteiger partial charge on any atom is 0.410 e. The summed E-state index contributed by atoms with van der Waals surface area (Å²) >= 11 is 0. The molecule has 45 heavy (non-hydrogen) atoms. The number of fused-ring (bicyclic) bond motifs is 1. The molecule has 2 aliphatic heterocycles. The number of hydrogen-bond donors (Lipinski definition) is 2. The van der Waals surface area contributed by atoms with E-state index in [0.29, 0.717) is 54.5 Å². The number of anilines is 1. The summed E-state index contributed by atoms with van der Waals surface area (Å²) < 4.78 is 30.2. The minimum atomic E-state index is -0.533. The van der Waals surface area contributed by atoms with Crippen molar-refractivity contribution >= 4 is 23.5 Å². The number of hydrogen-bond acceptors (Lipinski definition) is 8. The van der Waals surface area contributed by atoms with Crippen LogP contribution in [0.3, 0.4) is 0 Å². The van der Waals surface area contributed by atoms with Gasteiger partial charge in [0.2, 0.25) is 0 Å². The van der Waals surface area contributed by atoms with Gasteiger partial charge in [-0.05, 0) is 64.7 Å². The zero-order valence-electron chi connectivity index (χ0n) is 26.3. The van der Waals surface area contributed by atoms with Crippen LogP contribution in [0, 0.1) is 12.7 Å². The lowest BCUT2D eigenvalue weighted by molar-refractivity contribution is 0.0184. The lowest BCUT2D eigenvalue weighted by atomic mass is 10.0. The van der Waals surface area contributed by atoms with E-state index in [9.17, 15) is 9.59 Å². The molecule has 0 saturated carbocycles. The third kappa shape index (κ3) is 6.35. The summed E-state index contributed by atoms with van der Waals surface area (Å²) in [5.74, 6) is -0.123. The van der Waals surface area contributed by atoms with Crippen LogP contribution in [0.2, 0.25) is 0 Å². The Morgan fingerprint density at radius 1 is 1.04 bits per heavy atom. The number of ether oxygens (including phenoxy) is 2. The first-order valence-corrected chi connectivity index (χ1v) is 15.3. The first-order chi connectivity index (χ1) is 21.5. The van der Waals surface area contributed by atoms with E-state index in [4.69, 9.17) is 19.6 Å². The summed E-state index contributed by atoms with van der Waals surface area (Å²) in [5.41, 5.74) is 3.00. The van der Waals surface area contributed by atoms with Crippen molar-refractivity contribution in [2.24, 2.45) is 0 Å². The van der Waals surface area contributed by atoms with Crippen molar-refractivity contribution in [1.82, 2.24) is 34.6 Å². The minimum absolute atomic E-state index is 0.0628. The van der Waals surface area contributed by atoms with Crippen LogP contribution in [-0.4, -0.2) is 86.3 Å². The Bertz CT molecular complexity index is 1730. The van der Waals surface area contributed by atoms with Gasteiger partial charge in [-0.25, -0.2) is 18.7 Å². The molecule has 2 amide bonds. The summed E-state index contributed by atoms with van der Waals surface area (Å²) in [6.07, 6.45) is 9.28. The summed E-state index contributed by atoms with van der Waals surface area (Å²) in [5, 5.41) is 15.3. The van der Waals surface area contributed by atoms with Gasteiger partial charge in [0.05, 0.1) is 31.1 Å². The van der Waals surface area contributed by atoms with Crippen LogP contribution in [0.25, 0.3) is 27.9 Å². The number of piperidine rings is 1. The molecular weight excluding hydrogens is 579 g/mol. The predicted octanol–water partition coefficient (Wildman–Crippen LogP) is 4.84. The monoisotopic (exact) mass is 618 g/mol. The third-order valence-corrected chi connectivity index (χ3v) is 8.20. The highest BCUT2D eigenvalue weighted by Crippen LogP contribution is 2.34. The number of aryl methyl sites for hydroxylation is 1. The smallest absolute Gasteiger partial charge is 0.410 e. The van der Waals surface area contributed by atoms with E-state index in [2.05, 4.69) is 15.7 Å². The standard InChI is InChI=1S/C32H39FN8O4/c1-19-12-20(30(42)34-5)13-24(27(19)33)25-15-36-41-17-26(28(38-29(25)41)37-22-8-11-44-18-22)21-14-35-40(16-21)23-6-9-39(10-7-23)31(43)45-32(2,3)4/h12-17,22-23H,6-11,18H2,1-5H3,(H,34,42)(H,37,38). The van der Waals surface area contributed by atoms with Crippen LogP contribution in [0.5, 0.6) is 0 Å². The zero-order chi connectivity index (χ0) is 31.9. The van der Waals surface area contributed by atoms with Gasteiger partial charge >= 0.3 is 6.09 Å². The fraction of sp³-hybridized carbons (Fsp3) is 0.469. The molecule has 2 fully saturated rings. The van der Waals surface area contributed by atoms with Crippen LogP contribution in [-0.2, 0) is 9.47 Å². The number of rotatable bonds is 6. The van der Waals surface area contributed by atoms with Gasteiger partial charge in [0.15, 0.2) is 5.65 Å². The lowest BCUT2D eigenvalue weighted by Gasteiger charge is -2.33. The molecule has 12 nitrogen and oxygen atoms in total. The van der Waals surface area contributed by atoms with Crippen LogP contribution in [0.4, 0.5) is 15.0 Å². The Hall–Kier alpha value is -4.52. The molecule has 6 rings (SSSR count). The van der Waals surface area contributed by atoms with E-state index in [-0.39, 0.29) is 29.6 Å². The Morgan fingerprint density at radius 3 is 2.51 bits per heavy atom. The Balaban J connectivity index is 1.32. The molecule has 3 aromatic heterocycles. The van der Waals surface area contributed by atoms with E-state index in [1.54, 1.807) is 35.8 Å². The van der Waals surface area contributed by atoms with E-state index in [1.807, 2.05) is 37.8 Å². The molecule has 5 heterocycles. The SMILES string of the molecule is CNC(=O)c1cc(C)c(F)c(-c2cnn3cc(-c4cnn(C5CCN(C(=O)OC(C)(C)C)CC5)c4)c(NC4CCOC4)nc23)c1. The van der Waals surface area contributed by atoms with Crippen LogP contribution in [0.1, 0.15) is 62.0 Å². The minimum Gasteiger partial charge on any atom is -0.444 e. The number of aromatic nitrogens is 5. The lowest BCUT2D eigenvalue weighted by Crippen LogP contribution is -2.42. The van der Waals surface area contributed by atoms with E-state index in [1.165, 1.54) is 12.1 Å². The second kappa shape index (κ2) is 12.1. The van der Waals surface area contributed by atoms with Gasteiger partial charge in [-0.2, -0.15) is 10.2 Å². The summed E-state index contributed by atoms with van der Waals surface area (Å²) in [6, 6.07) is 3.25. The molecule has 0 bridgehead atoms. The largest absolute Gasteiger partial charge is 0.444 e. The van der Waals surface area contributed by atoms with Crippen molar-refractivity contribution in [3.8, 4) is 22.3 Å². The predicted molar refractivity (Wildman–Crippen MR) is 167 cm³/mol. The van der Waals surface area contributed by atoms with Crippen molar-refractivity contribution in [2.75, 3.05) is 38.7 Å². The number of likely N-dealkylation sites (tertiary alicyclic amines) is 1. The van der Waals surface area contributed by atoms with Gasteiger partial charge in [0, 0.05) is 67.0 Å². The molecular formula is C32H39FN8O4. The molecule has 13 heteroatoms. The highest BCUT2D eigenvalue weighted by molar-refractivity contribution is 5.96. The maximum absolute atomic E-state index is 15.5. The number of amides is 2. The molecule has 4 aromatic rings. The van der Waals surface area contributed by atoms with E-state index >= 15 is 4.39 Å². The van der Waals surface area contributed by atoms with Crippen LogP contribution < -0.4 is 10.6 Å². The molecule has 0 spiro atoms.